The number of aliphatic hydroxyl groups is 5. The first kappa shape index (κ1) is 31.6. The van der Waals surface area contributed by atoms with Gasteiger partial charge >= 0.3 is 0 Å². The molecule has 12 nitrogen and oxygen atoms in total. The smallest absolute Gasteiger partial charge is 0.254 e. The normalized spacial score (nSPS) is 29.5. The summed E-state index contributed by atoms with van der Waals surface area (Å²) >= 11 is 0. The van der Waals surface area contributed by atoms with E-state index in [9.17, 15) is 40.2 Å². The molecule has 4 aliphatic rings. The number of Topliss-reactive ketones (excluding diaryl/α,β-unsaturated/α-hetero) is 1. The second kappa shape index (κ2) is 11.9. The Balaban J connectivity index is 1.38. The molecule has 0 spiro atoms. The van der Waals surface area contributed by atoms with Gasteiger partial charge in [-0.3, -0.25) is 9.59 Å². The Morgan fingerprint density at radius 3 is 2.66 bits per heavy atom. The van der Waals surface area contributed by atoms with Gasteiger partial charge in [-0.25, -0.2) is 0 Å². The van der Waals surface area contributed by atoms with Crippen molar-refractivity contribution in [1.29, 1.82) is 0 Å². The van der Waals surface area contributed by atoms with Crippen LogP contribution in [0.3, 0.4) is 0 Å². The molecule has 3 aromatic carbocycles. The van der Waals surface area contributed by atoms with Gasteiger partial charge in [0.1, 0.15) is 35.6 Å². The van der Waals surface area contributed by atoms with Crippen LogP contribution in [0.15, 0.2) is 42.5 Å². The number of carbonyl (C=O) groups excluding carboxylic acids is 2. The van der Waals surface area contributed by atoms with Crippen LogP contribution in [-0.4, -0.2) is 104 Å². The van der Waals surface area contributed by atoms with E-state index in [0.717, 1.165) is 24.8 Å². The number of methoxy groups -OCH3 is 1. The molecule has 3 aromatic rings. The number of phenols is 1. The standard InChI is InChI=1S/C35H37NO11/c1-45-19-11-23-22-10-9-17-6-4-8-20(17)27(22)29(24(39)14-36-13-18-5-2-3-7-21(18)33(36)43)31(41)28(23)25(12-19)46-34-35(44,16-38)32(42)30(40)26(15-37)47-34/h2-3,5,7,9-12,17,20,26,30,32,34,37-38,40-42,44H,4,6,8,13-16H2,1H3/t17-,20-,26-,30-,32+,34+,35-/m1/s1. The molecule has 248 valence electrons. The third-order valence-electron chi connectivity index (χ3n) is 10.2. The Labute approximate surface area is 270 Å². The van der Waals surface area contributed by atoms with E-state index in [1.807, 2.05) is 18.2 Å². The van der Waals surface area contributed by atoms with E-state index in [1.54, 1.807) is 18.2 Å². The second-order valence-corrected chi connectivity index (χ2v) is 12.8. The quantitative estimate of drug-likeness (QED) is 0.196. The third kappa shape index (κ3) is 4.90. The van der Waals surface area contributed by atoms with E-state index >= 15 is 0 Å². The highest BCUT2D eigenvalue weighted by Crippen LogP contribution is 2.53. The molecule has 0 aromatic heterocycles. The first-order valence-corrected chi connectivity index (χ1v) is 15.7. The van der Waals surface area contributed by atoms with Crippen LogP contribution in [0, 0.1) is 5.92 Å². The van der Waals surface area contributed by atoms with E-state index in [4.69, 9.17) is 14.2 Å². The summed E-state index contributed by atoms with van der Waals surface area (Å²) in [6.45, 7) is -1.83. The summed E-state index contributed by atoms with van der Waals surface area (Å²) in [5.41, 5.74) is 0.240. The van der Waals surface area contributed by atoms with Gasteiger partial charge in [-0.2, -0.15) is 0 Å². The SMILES string of the molecule is COc1cc(O[C@H]2O[C@H](CO)[C@@H](O)[C@H](O)[C@]2(O)CO)c2c(O)c(C(=O)CN3Cc4ccccc4C3=O)c3c(c2c1)C=C[C@H]1CCC[C@@H]31. The fourth-order valence-corrected chi connectivity index (χ4v) is 7.69. The molecule has 2 heterocycles. The monoisotopic (exact) mass is 647 g/mol. The number of allylic oxidation sites excluding steroid dienone is 1. The lowest BCUT2D eigenvalue weighted by Crippen LogP contribution is -2.69. The lowest BCUT2D eigenvalue weighted by molar-refractivity contribution is -0.327. The molecule has 12 heteroatoms. The maximum absolute atomic E-state index is 14.3. The van der Waals surface area contributed by atoms with Gasteiger partial charge in [0.05, 0.1) is 37.8 Å². The molecule has 1 amide bonds. The van der Waals surface area contributed by atoms with Crippen LogP contribution in [0.1, 0.15) is 62.6 Å². The Hall–Kier alpha value is -4.04. The zero-order chi connectivity index (χ0) is 33.2. The first-order valence-electron chi connectivity index (χ1n) is 15.7. The molecule has 7 rings (SSSR count). The van der Waals surface area contributed by atoms with Gasteiger partial charge < -0.3 is 49.7 Å². The van der Waals surface area contributed by atoms with Crippen LogP contribution in [0.2, 0.25) is 0 Å². The van der Waals surface area contributed by atoms with Gasteiger partial charge in [0.25, 0.3) is 5.91 Å². The highest BCUT2D eigenvalue weighted by atomic mass is 16.7. The third-order valence-corrected chi connectivity index (χ3v) is 10.2. The fourth-order valence-electron chi connectivity index (χ4n) is 7.69. The summed E-state index contributed by atoms with van der Waals surface area (Å²) in [6.07, 6.45) is -0.222. The first-order chi connectivity index (χ1) is 22.6. The average molecular weight is 648 g/mol. The number of fused-ring (bicyclic) bond motifs is 6. The molecule has 2 aliphatic heterocycles. The highest BCUT2D eigenvalue weighted by molar-refractivity contribution is 6.13. The summed E-state index contributed by atoms with van der Waals surface area (Å²) in [6, 6.07) is 10.3. The van der Waals surface area contributed by atoms with E-state index < -0.39 is 54.9 Å². The highest BCUT2D eigenvalue weighted by Gasteiger charge is 2.56. The molecule has 1 saturated heterocycles. The van der Waals surface area contributed by atoms with Gasteiger partial charge in [0.15, 0.2) is 11.4 Å². The number of rotatable bonds is 8. The van der Waals surface area contributed by atoms with E-state index in [2.05, 4.69) is 6.08 Å². The zero-order valence-corrected chi connectivity index (χ0v) is 25.7. The molecule has 0 radical (unpaired) electrons. The number of benzene rings is 3. The van der Waals surface area contributed by atoms with Crippen molar-refractivity contribution in [2.75, 3.05) is 26.9 Å². The predicted molar refractivity (Wildman–Crippen MR) is 167 cm³/mol. The van der Waals surface area contributed by atoms with Gasteiger partial charge in [-0.1, -0.05) is 36.8 Å². The van der Waals surface area contributed by atoms with Gasteiger partial charge in [-0.15, -0.1) is 0 Å². The fraction of sp³-hybridized carbons (Fsp3) is 0.429. The number of hydrogen-bond donors (Lipinski definition) is 6. The number of nitrogens with zero attached hydrogens (tertiary/aromatic N) is 1. The van der Waals surface area contributed by atoms with Crippen molar-refractivity contribution in [2.45, 2.75) is 61.9 Å². The average Bonchev–Trinajstić information content (AvgIpc) is 3.69. The molecule has 1 saturated carbocycles. The molecule has 2 aliphatic carbocycles. The van der Waals surface area contributed by atoms with E-state index in [-0.39, 0.29) is 47.5 Å². The van der Waals surface area contributed by atoms with Crippen molar-refractivity contribution < 1.29 is 54.4 Å². The summed E-state index contributed by atoms with van der Waals surface area (Å²) in [5.74, 6) is -0.806. The summed E-state index contributed by atoms with van der Waals surface area (Å²) in [7, 11) is 1.44. The van der Waals surface area contributed by atoms with E-state index in [1.165, 1.54) is 18.1 Å². The maximum Gasteiger partial charge on any atom is 0.254 e. The van der Waals surface area contributed by atoms with Crippen molar-refractivity contribution in [3.63, 3.8) is 0 Å². The number of phenolic OH excluding ortho intramolecular Hbond substituents is 1. The Morgan fingerprint density at radius 1 is 1.15 bits per heavy atom. The zero-order valence-electron chi connectivity index (χ0n) is 25.7. The second-order valence-electron chi connectivity index (χ2n) is 12.8. The largest absolute Gasteiger partial charge is 0.506 e. The van der Waals surface area contributed by atoms with Crippen molar-refractivity contribution in [2.24, 2.45) is 5.92 Å². The Kier molecular flexibility index (Phi) is 7.98. The summed E-state index contributed by atoms with van der Waals surface area (Å²) in [4.78, 5) is 29.0. The summed E-state index contributed by atoms with van der Waals surface area (Å²) < 4.78 is 17.3. The van der Waals surface area contributed by atoms with Crippen LogP contribution >= 0.6 is 0 Å². The van der Waals surface area contributed by atoms with Crippen molar-refractivity contribution >= 4 is 28.5 Å². The molecule has 0 unspecified atom stereocenters. The van der Waals surface area contributed by atoms with Crippen LogP contribution in [0.4, 0.5) is 0 Å². The Bertz CT molecular complexity index is 1790. The van der Waals surface area contributed by atoms with Crippen molar-refractivity contribution in [3.05, 3.63) is 70.3 Å². The number of ether oxygens (including phenoxy) is 3. The molecular formula is C35H37NO11. The van der Waals surface area contributed by atoms with E-state index in [0.29, 0.717) is 27.8 Å². The number of ketones is 1. The number of aromatic hydroxyl groups is 1. The lowest BCUT2D eigenvalue weighted by Gasteiger charge is -2.46. The van der Waals surface area contributed by atoms with Gasteiger partial charge in [0.2, 0.25) is 6.29 Å². The minimum Gasteiger partial charge on any atom is -0.506 e. The van der Waals surface area contributed by atoms with Crippen LogP contribution in [-0.2, 0) is 11.3 Å². The molecular weight excluding hydrogens is 610 g/mol. The number of amides is 1. The minimum absolute atomic E-state index is 0.0469. The topological polar surface area (TPSA) is 186 Å². The van der Waals surface area contributed by atoms with Crippen molar-refractivity contribution in [1.82, 2.24) is 4.90 Å². The maximum atomic E-state index is 14.3. The number of carbonyl (C=O) groups is 2. The minimum atomic E-state index is -2.54. The van der Waals surface area contributed by atoms with Gasteiger partial charge in [0, 0.05) is 23.6 Å². The summed E-state index contributed by atoms with van der Waals surface area (Å²) in [5, 5.41) is 64.9. The van der Waals surface area contributed by atoms with Crippen molar-refractivity contribution in [3.8, 4) is 17.2 Å². The Morgan fingerprint density at radius 2 is 1.94 bits per heavy atom. The van der Waals surface area contributed by atoms with Crippen LogP contribution in [0.25, 0.3) is 16.8 Å². The predicted octanol–water partition coefficient (Wildman–Crippen LogP) is 1.84. The molecule has 0 bridgehead atoms. The molecule has 47 heavy (non-hydrogen) atoms. The molecule has 2 fully saturated rings. The van der Waals surface area contributed by atoms with Crippen LogP contribution < -0.4 is 9.47 Å². The number of aliphatic hydroxyl groups excluding tert-OH is 4. The van der Waals surface area contributed by atoms with Crippen LogP contribution in [0.5, 0.6) is 17.2 Å². The lowest BCUT2D eigenvalue weighted by atomic mass is 9.76. The number of hydrogen-bond acceptors (Lipinski definition) is 11. The molecule has 7 atom stereocenters. The van der Waals surface area contributed by atoms with Gasteiger partial charge in [-0.05, 0) is 53.5 Å². The molecule has 6 N–H and O–H groups in total.